The molecule has 0 fully saturated rings. The Balaban J connectivity index is 2.56. The lowest BCUT2D eigenvalue weighted by Gasteiger charge is -2.05. The third-order valence-electron chi connectivity index (χ3n) is 2.29. The van der Waals surface area contributed by atoms with Crippen molar-refractivity contribution in [1.82, 2.24) is 4.72 Å². The van der Waals surface area contributed by atoms with Gasteiger partial charge in [-0.3, -0.25) is 10.1 Å². The number of ether oxygens (including phenoxy) is 1. The zero-order valence-corrected chi connectivity index (χ0v) is 13.2. The summed E-state index contributed by atoms with van der Waals surface area (Å²) in [6.45, 7) is 2.96. The van der Waals surface area contributed by atoms with E-state index in [1.165, 1.54) is 0 Å². The molecule has 10 heteroatoms. The van der Waals surface area contributed by atoms with Gasteiger partial charge in [-0.1, -0.05) is 24.9 Å². The van der Waals surface area contributed by atoms with E-state index in [1.54, 1.807) is 0 Å². The molecule has 0 aliphatic rings. The lowest BCUT2D eigenvalue weighted by molar-refractivity contribution is -0.384. The Morgan fingerprint density at radius 3 is 2.75 bits per heavy atom. The van der Waals surface area contributed by atoms with Crippen LogP contribution in [-0.2, 0) is 14.8 Å². The van der Waals surface area contributed by atoms with E-state index in [4.69, 9.17) is 16.3 Å². The summed E-state index contributed by atoms with van der Waals surface area (Å²) in [5, 5.41) is 10.6. The number of thiophene rings is 1. The standard InChI is InChI=1S/C10H15ClN2O5S2/c1-2-3-5-18-6-4-12-20(16,17)9-7-8(13(14)15)10(11)19-9/h7,12H,2-6H2,1H3. The Hall–Kier alpha value is -0.740. The van der Waals surface area contributed by atoms with Crippen molar-refractivity contribution in [2.24, 2.45) is 0 Å². The van der Waals surface area contributed by atoms with E-state index >= 15 is 0 Å². The molecule has 1 heterocycles. The summed E-state index contributed by atoms with van der Waals surface area (Å²) in [6, 6.07) is 0.952. The second-order valence-corrected chi connectivity index (χ2v) is 7.49. The fraction of sp³-hybridized carbons (Fsp3) is 0.600. The molecule has 0 unspecified atom stereocenters. The highest BCUT2D eigenvalue weighted by atomic mass is 35.5. The zero-order valence-electron chi connectivity index (χ0n) is 10.8. The number of sulfonamides is 1. The van der Waals surface area contributed by atoms with Gasteiger partial charge in [-0.2, -0.15) is 0 Å². The second kappa shape index (κ2) is 7.89. The largest absolute Gasteiger partial charge is 0.380 e. The van der Waals surface area contributed by atoms with Crippen LogP contribution in [-0.4, -0.2) is 33.1 Å². The predicted octanol–water partition coefficient (Wildman–Crippen LogP) is 2.40. The summed E-state index contributed by atoms with van der Waals surface area (Å²) in [5.74, 6) is 0. The number of hydrogen-bond donors (Lipinski definition) is 1. The minimum atomic E-state index is -3.79. The van der Waals surface area contributed by atoms with E-state index in [0.29, 0.717) is 17.9 Å². The molecule has 0 bridgehead atoms. The summed E-state index contributed by atoms with van der Waals surface area (Å²) >= 11 is 6.28. The van der Waals surface area contributed by atoms with E-state index in [2.05, 4.69) is 4.72 Å². The van der Waals surface area contributed by atoms with Crippen molar-refractivity contribution in [2.45, 2.75) is 24.0 Å². The van der Waals surface area contributed by atoms with Gasteiger partial charge in [-0.25, -0.2) is 13.1 Å². The highest BCUT2D eigenvalue weighted by Crippen LogP contribution is 2.35. The molecule has 114 valence electrons. The van der Waals surface area contributed by atoms with Crippen molar-refractivity contribution in [3.05, 3.63) is 20.5 Å². The number of unbranched alkanes of at least 4 members (excludes halogenated alkanes) is 1. The van der Waals surface area contributed by atoms with Crippen molar-refractivity contribution in [3.8, 4) is 0 Å². The predicted molar refractivity (Wildman–Crippen MR) is 76.9 cm³/mol. The van der Waals surface area contributed by atoms with E-state index in [0.717, 1.165) is 18.9 Å². The fourth-order valence-electron chi connectivity index (χ4n) is 1.26. The molecule has 0 atom stereocenters. The molecular weight excluding hydrogens is 328 g/mol. The minimum absolute atomic E-state index is 0.107. The first-order chi connectivity index (χ1) is 9.38. The highest BCUT2D eigenvalue weighted by molar-refractivity contribution is 7.91. The molecule has 1 aromatic heterocycles. The van der Waals surface area contributed by atoms with Crippen molar-refractivity contribution in [1.29, 1.82) is 0 Å². The molecule has 0 saturated heterocycles. The van der Waals surface area contributed by atoms with Gasteiger partial charge in [0.1, 0.15) is 4.21 Å². The molecule has 1 aromatic rings. The average molecular weight is 343 g/mol. The molecular formula is C10H15ClN2O5S2. The lowest BCUT2D eigenvalue weighted by Crippen LogP contribution is -2.27. The van der Waals surface area contributed by atoms with Crippen LogP contribution in [0.2, 0.25) is 4.34 Å². The smallest absolute Gasteiger partial charge is 0.300 e. The van der Waals surface area contributed by atoms with E-state index in [-0.39, 0.29) is 21.7 Å². The summed E-state index contributed by atoms with van der Waals surface area (Å²) in [5.41, 5.74) is -0.406. The lowest BCUT2D eigenvalue weighted by atomic mass is 10.4. The van der Waals surface area contributed by atoms with Crippen molar-refractivity contribution in [3.63, 3.8) is 0 Å². The topological polar surface area (TPSA) is 98.5 Å². The van der Waals surface area contributed by atoms with Crippen molar-refractivity contribution < 1.29 is 18.1 Å². The number of nitro groups is 1. The molecule has 7 nitrogen and oxygen atoms in total. The molecule has 0 saturated carbocycles. The summed E-state index contributed by atoms with van der Waals surface area (Å²) in [7, 11) is -3.79. The van der Waals surface area contributed by atoms with Gasteiger partial charge in [-0.05, 0) is 6.42 Å². The first-order valence-electron chi connectivity index (χ1n) is 5.89. The van der Waals surface area contributed by atoms with Crippen molar-refractivity contribution >= 4 is 38.6 Å². The number of halogens is 1. The van der Waals surface area contributed by atoms with Gasteiger partial charge in [0.2, 0.25) is 10.0 Å². The number of rotatable bonds is 9. The maximum atomic E-state index is 11.9. The first-order valence-corrected chi connectivity index (χ1v) is 8.57. The van der Waals surface area contributed by atoms with Gasteiger partial charge in [0, 0.05) is 19.2 Å². The summed E-state index contributed by atoms with van der Waals surface area (Å²) < 4.78 is 30.9. The fourth-order valence-corrected chi connectivity index (χ4v) is 3.99. The Labute approximate surface area is 126 Å². The Morgan fingerprint density at radius 1 is 1.50 bits per heavy atom. The van der Waals surface area contributed by atoms with Crippen LogP contribution < -0.4 is 4.72 Å². The highest BCUT2D eigenvalue weighted by Gasteiger charge is 2.24. The number of nitrogens with zero attached hydrogens (tertiary/aromatic N) is 1. The Bertz CT molecular complexity index is 558. The van der Waals surface area contributed by atoms with E-state index < -0.39 is 20.6 Å². The third kappa shape index (κ3) is 4.98. The van der Waals surface area contributed by atoms with Gasteiger partial charge < -0.3 is 4.74 Å². The molecule has 20 heavy (non-hydrogen) atoms. The molecule has 0 amide bonds. The second-order valence-electron chi connectivity index (χ2n) is 3.85. The normalized spacial score (nSPS) is 11.7. The Morgan fingerprint density at radius 2 is 2.20 bits per heavy atom. The molecule has 0 radical (unpaired) electrons. The molecule has 0 aromatic carbocycles. The number of nitrogens with one attached hydrogen (secondary N) is 1. The van der Waals surface area contributed by atoms with Crippen LogP contribution in [0.4, 0.5) is 5.69 Å². The number of hydrogen-bond acceptors (Lipinski definition) is 6. The van der Waals surface area contributed by atoms with Crippen LogP contribution in [0.1, 0.15) is 19.8 Å². The van der Waals surface area contributed by atoms with Gasteiger partial charge in [-0.15, -0.1) is 11.3 Å². The third-order valence-corrected chi connectivity index (χ3v) is 5.56. The molecule has 1 N–H and O–H groups in total. The van der Waals surface area contributed by atoms with Gasteiger partial charge in [0.25, 0.3) is 5.69 Å². The van der Waals surface area contributed by atoms with Crippen LogP contribution in [0.15, 0.2) is 10.3 Å². The summed E-state index contributed by atoms with van der Waals surface area (Å²) in [6.07, 6.45) is 1.92. The summed E-state index contributed by atoms with van der Waals surface area (Å²) in [4.78, 5) is 9.90. The SMILES string of the molecule is CCCCOCCNS(=O)(=O)c1cc([N+](=O)[O-])c(Cl)s1. The molecule has 0 spiro atoms. The Kier molecular flexibility index (Phi) is 6.83. The van der Waals surface area contributed by atoms with Gasteiger partial charge in [0.05, 0.1) is 11.5 Å². The van der Waals surface area contributed by atoms with Gasteiger partial charge >= 0.3 is 0 Å². The minimum Gasteiger partial charge on any atom is -0.380 e. The monoisotopic (exact) mass is 342 g/mol. The quantitative estimate of drug-likeness (QED) is 0.422. The molecule has 0 aliphatic carbocycles. The molecule has 0 aliphatic heterocycles. The van der Waals surface area contributed by atoms with Crippen LogP contribution >= 0.6 is 22.9 Å². The van der Waals surface area contributed by atoms with Crippen LogP contribution in [0.5, 0.6) is 0 Å². The van der Waals surface area contributed by atoms with Crippen LogP contribution in [0.25, 0.3) is 0 Å². The molecule has 1 rings (SSSR count). The van der Waals surface area contributed by atoms with Crippen LogP contribution in [0.3, 0.4) is 0 Å². The van der Waals surface area contributed by atoms with E-state index in [9.17, 15) is 18.5 Å². The van der Waals surface area contributed by atoms with E-state index in [1.807, 2.05) is 6.92 Å². The maximum Gasteiger partial charge on any atom is 0.300 e. The van der Waals surface area contributed by atoms with Gasteiger partial charge in [0.15, 0.2) is 4.34 Å². The maximum absolute atomic E-state index is 11.9. The average Bonchev–Trinajstić information content (AvgIpc) is 2.76. The van der Waals surface area contributed by atoms with Crippen LogP contribution in [0, 0.1) is 10.1 Å². The van der Waals surface area contributed by atoms with Crippen molar-refractivity contribution in [2.75, 3.05) is 19.8 Å². The first kappa shape index (κ1) is 17.3. The zero-order chi connectivity index (χ0) is 15.2.